The molecule has 2 atom stereocenters. The predicted molar refractivity (Wildman–Crippen MR) is 108 cm³/mol. The monoisotopic (exact) mass is 409 g/mol. The number of nitrogens with one attached hydrogen (secondary N) is 2. The highest BCUT2D eigenvalue weighted by Gasteiger charge is 2.55. The lowest BCUT2D eigenvalue weighted by Crippen LogP contribution is -2.54. The number of hydrogen-bond donors (Lipinski definition) is 2. The third-order valence-electron chi connectivity index (χ3n) is 5.60. The number of urea groups is 1. The van der Waals surface area contributed by atoms with E-state index >= 15 is 0 Å². The van der Waals surface area contributed by atoms with Gasteiger partial charge in [0.2, 0.25) is 0 Å². The van der Waals surface area contributed by atoms with Crippen molar-refractivity contribution in [2.75, 3.05) is 13.2 Å². The molecule has 0 aromatic heterocycles. The van der Waals surface area contributed by atoms with Crippen molar-refractivity contribution in [2.45, 2.75) is 84.7 Å². The Morgan fingerprint density at radius 2 is 1.86 bits per heavy atom. The van der Waals surface area contributed by atoms with Gasteiger partial charge in [0.1, 0.15) is 12.1 Å². The Hall–Kier alpha value is -2.12. The van der Waals surface area contributed by atoms with Crippen LogP contribution in [0.4, 0.5) is 4.79 Å². The van der Waals surface area contributed by atoms with Crippen LogP contribution in [-0.2, 0) is 19.1 Å². The number of esters is 1. The lowest BCUT2D eigenvalue weighted by molar-refractivity contribution is -0.151. The van der Waals surface area contributed by atoms with Gasteiger partial charge in [-0.25, -0.2) is 4.79 Å². The Labute approximate surface area is 173 Å². The number of hydrogen-bond acceptors (Lipinski definition) is 5. The molecule has 1 aliphatic heterocycles. The number of carbonyl (C=O) groups excluding carboxylic acids is 4. The van der Waals surface area contributed by atoms with E-state index in [0.29, 0.717) is 6.42 Å². The zero-order valence-corrected chi connectivity index (χ0v) is 18.5. The van der Waals surface area contributed by atoms with Gasteiger partial charge in [-0.1, -0.05) is 40.5 Å². The van der Waals surface area contributed by atoms with Crippen LogP contribution in [0, 0.1) is 11.3 Å². The van der Waals surface area contributed by atoms with Gasteiger partial charge in [-0.05, 0) is 44.4 Å². The second-order valence-electron chi connectivity index (χ2n) is 10.3. The Kier molecular flexibility index (Phi) is 6.65. The van der Waals surface area contributed by atoms with E-state index in [2.05, 4.69) is 31.4 Å². The maximum absolute atomic E-state index is 12.9. The normalized spacial score (nSPS) is 25.2. The molecule has 1 aliphatic carbocycles. The van der Waals surface area contributed by atoms with Crippen LogP contribution in [0.1, 0.15) is 73.6 Å². The molecule has 8 nitrogen and oxygen atoms in total. The SMILES string of the molecule is C[C@@H]1CCCC[C@@]12NC(=O)N(CC(=O)OCC(=O)NC(C)(C)CC(C)(C)C)C2=O. The van der Waals surface area contributed by atoms with Gasteiger partial charge in [-0.2, -0.15) is 0 Å². The molecule has 1 saturated heterocycles. The van der Waals surface area contributed by atoms with Crippen LogP contribution in [0.3, 0.4) is 0 Å². The molecule has 2 N–H and O–H groups in total. The van der Waals surface area contributed by atoms with Crippen molar-refractivity contribution in [1.29, 1.82) is 0 Å². The molecular weight excluding hydrogens is 374 g/mol. The maximum atomic E-state index is 12.9. The molecule has 0 aromatic carbocycles. The zero-order valence-electron chi connectivity index (χ0n) is 18.5. The number of carbonyl (C=O) groups is 4. The third kappa shape index (κ3) is 5.70. The molecule has 0 unspecified atom stereocenters. The number of rotatable bonds is 6. The standard InChI is InChI=1S/C21H35N3O5/c1-14-9-7-8-10-21(14)17(27)24(18(28)23-21)11-16(26)29-12-15(25)22-20(5,6)13-19(2,3)4/h14H,7-13H2,1-6H3,(H,22,25)(H,23,28)/t14-,21-/m1/s1. The highest BCUT2D eigenvalue weighted by atomic mass is 16.5. The summed E-state index contributed by atoms with van der Waals surface area (Å²) in [4.78, 5) is 50.4. The van der Waals surface area contributed by atoms with Crippen LogP contribution in [0.15, 0.2) is 0 Å². The Morgan fingerprint density at radius 3 is 2.45 bits per heavy atom. The van der Waals surface area contributed by atoms with Gasteiger partial charge in [0.25, 0.3) is 11.8 Å². The second-order valence-corrected chi connectivity index (χ2v) is 10.3. The summed E-state index contributed by atoms with van der Waals surface area (Å²) in [6.45, 7) is 11.1. The summed E-state index contributed by atoms with van der Waals surface area (Å²) in [6.07, 6.45) is 4.07. The fourth-order valence-electron chi connectivity index (χ4n) is 4.74. The molecule has 2 rings (SSSR count). The summed E-state index contributed by atoms with van der Waals surface area (Å²) in [5.41, 5.74) is -1.33. The minimum Gasteiger partial charge on any atom is -0.454 e. The van der Waals surface area contributed by atoms with E-state index in [4.69, 9.17) is 4.74 Å². The fraction of sp³-hybridized carbons (Fsp3) is 0.810. The quantitative estimate of drug-likeness (QED) is 0.518. The minimum atomic E-state index is -0.913. The predicted octanol–water partition coefficient (Wildman–Crippen LogP) is 2.36. The van der Waals surface area contributed by atoms with E-state index in [1.54, 1.807) is 0 Å². The highest BCUT2D eigenvalue weighted by molar-refractivity contribution is 6.09. The first-order valence-electron chi connectivity index (χ1n) is 10.4. The average molecular weight is 410 g/mol. The third-order valence-corrected chi connectivity index (χ3v) is 5.60. The van der Waals surface area contributed by atoms with Crippen molar-refractivity contribution >= 4 is 23.8 Å². The van der Waals surface area contributed by atoms with Gasteiger partial charge >= 0.3 is 12.0 Å². The van der Waals surface area contributed by atoms with Crippen LogP contribution in [-0.4, -0.2) is 52.9 Å². The van der Waals surface area contributed by atoms with Crippen molar-refractivity contribution in [1.82, 2.24) is 15.5 Å². The average Bonchev–Trinajstić information content (AvgIpc) is 2.78. The van der Waals surface area contributed by atoms with E-state index in [0.717, 1.165) is 30.6 Å². The van der Waals surface area contributed by atoms with Gasteiger partial charge < -0.3 is 15.4 Å². The Bertz CT molecular complexity index is 682. The molecule has 1 saturated carbocycles. The topological polar surface area (TPSA) is 105 Å². The van der Waals surface area contributed by atoms with E-state index in [1.807, 2.05) is 20.8 Å². The van der Waals surface area contributed by atoms with Crippen LogP contribution < -0.4 is 10.6 Å². The van der Waals surface area contributed by atoms with Gasteiger partial charge in [-0.15, -0.1) is 0 Å². The van der Waals surface area contributed by atoms with Crippen molar-refractivity contribution < 1.29 is 23.9 Å². The molecule has 0 bridgehead atoms. The summed E-state index contributed by atoms with van der Waals surface area (Å²) in [5.74, 6) is -1.55. The van der Waals surface area contributed by atoms with Crippen molar-refractivity contribution in [3.63, 3.8) is 0 Å². The molecular formula is C21H35N3O5. The van der Waals surface area contributed by atoms with Crippen molar-refractivity contribution in [2.24, 2.45) is 11.3 Å². The largest absolute Gasteiger partial charge is 0.454 e. The number of ether oxygens (including phenoxy) is 1. The minimum absolute atomic E-state index is 0.0181. The zero-order chi connectivity index (χ0) is 22.0. The van der Waals surface area contributed by atoms with Crippen molar-refractivity contribution in [3.8, 4) is 0 Å². The summed E-state index contributed by atoms with van der Waals surface area (Å²) in [7, 11) is 0. The fourth-order valence-corrected chi connectivity index (χ4v) is 4.74. The van der Waals surface area contributed by atoms with Crippen LogP contribution in [0.5, 0.6) is 0 Å². The molecule has 164 valence electrons. The Morgan fingerprint density at radius 1 is 1.21 bits per heavy atom. The molecule has 0 radical (unpaired) electrons. The van der Waals surface area contributed by atoms with Crippen LogP contribution >= 0.6 is 0 Å². The molecule has 8 heteroatoms. The summed E-state index contributed by atoms with van der Waals surface area (Å²) in [5, 5.41) is 5.65. The van der Waals surface area contributed by atoms with E-state index in [1.165, 1.54) is 0 Å². The van der Waals surface area contributed by atoms with Gasteiger partial charge in [0.15, 0.2) is 6.61 Å². The smallest absolute Gasteiger partial charge is 0.326 e. The molecule has 2 aliphatic rings. The van der Waals surface area contributed by atoms with E-state index in [9.17, 15) is 19.2 Å². The van der Waals surface area contributed by atoms with Crippen molar-refractivity contribution in [3.05, 3.63) is 0 Å². The van der Waals surface area contributed by atoms with Gasteiger partial charge in [0, 0.05) is 5.54 Å². The van der Waals surface area contributed by atoms with Crippen LogP contribution in [0.2, 0.25) is 0 Å². The molecule has 29 heavy (non-hydrogen) atoms. The van der Waals surface area contributed by atoms with Gasteiger partial charge in [-0.3, -0.25) is 19.3 Å². The first kappa shape index (κ1) is 23.2. The first-order valence-corrected chi connectivity index (χ1v) is 10.4. The second kappa shape index (κ2) is 8.32. The van der Waals surface area contributed by atoms with E-state index in [-0.39, 0.29) is 17.2 Å². The molecule has 2 fully saturated rings. The van der Waals surface area contributed by atoms with Crippen LogP contribution in [0.25, 0.3) is 0 Å². The highest BCUT2D eigenvalue weighted by Crippen LogP contribution is 2.38. The maximum Gasteiger partial charge on any atom is 0.326 e. The Balaban J connectivity index is 1.87. The molecule has 1 heterocycles. The number of imide groups is 1. The molecule has 4 amide bonds. The van der Waals surface area contributed by atoms with Gasteiger partial charge in [0.05, 0.1) is 0 Å². The van der Waals surface area contributed by atoms with E-state index < -0.39 is 42.1 Å². The number of nitrogens with zero attached hydrogens (tertiary/aromatic N) is 1. The first-order chi connectivity index (χ1) is 13.3. The number of amides is 4. The lowest BCUT2D eigenvalue weighted by atomic mass is 9.73. The molecule has 0 aromatic rings. The lowest BCUT2D eigenvalue weighted by Gasteiger charge is -2.36. The summed E-state index contributed by atoms with van der Waals surface area (Å²) < 4.78 is 5.02. The molecule has 1 spiro atoms. The summed E-state index contributed by atoms with van der Waals surface area (Å²) >= 11 is 0. The summed E-state index contributed by atoms with van der Waals surface area (Å²) in [6, 6.07) is -0.573.